The van der Waals surface area contributed by atoms with Gasteiger partial charge in [-0.25, -0.2) is 0 Å². The summed E-state index contributed by atoms with van der Waals surface area (Å²) in [6.45, 7) is 2.68. The molecule has 0 N–H and O–H groups in total. The molecule has 0 radical (unpaired) electrons. The summed E-state index contributed by atoms with van der Waals surface area (Å²) in [6, 6.07) is 9.24. The van der Waals surface area contributed by atoms with Crippen LogP contribution in [-0.2, 0) is 4.79 Å². The smallest absolute Gasteiger partial charge is 0.219 e. The van der Waals surface area contributed by atoms with Gasteiger partial charge in [0, 0.05) is 25.6 Å². The zero-order valence-electron chi connectivity index (χ0n) is 8.64. The lowest BCUT2D eigenvalue weighted by molar-refractivity contribution is -0.133. The van der Waals surface area contributed by atoms with E-state index in [2.05, 4.69) is 0 Å². The zero-order valence-corrected chi connectivity index (χ0v) is 8.64. The van der Waals surface area contributed by atoms with Crippen molar-refractivity contribution >= 4 is 11.7 Å². The third-order valence-corrected chi connectivity index (χ3v) is 2.76. The average Bonchev–Trinajstić information content (AvgIpc) is 2.16. The third-order valence-electron chi connectivity index (χ3n) is 2.76. The Balaban J connectivity index is 1.98. The van der Waals surface area contributed by atoms with Crippen molar-refractivity contribution < 1.29 is 9.59 Å². The summed E-state index contributed by atoms with van der Waals surface area (Å²) in [6.07, 6.45) is 0. The van der Waals surface area contributed by atoms with Crippen molar-refractivity contribution in [1.82, 2.24) is 4.90 Å². The fraction of sp³-hybridized carbons (Fsp3) is 0.333. The van der Waals surface area contributed by atoms with E-state index >= 15 is 0 Å². The maximum Gasteiger partial charge on any atom is 0.219 e. The number of benzene rings is 1. The number of carbonyl (C=O) groups excluding carboxylic acids is 2. The summed E-state index contributed by atoms with van der Waals surface area (Å²) in [4.78, 5) is 24.5. The molecule has 1 fully saturated rings. The fourth-order valence-corrected chi connectivity index (χ4v) is 1.74. The van der Waals surface area contributed by atoms with E-state index < -0.39 is 0 Å². The summed E-state index contributed by atoms with van der Waals surface area (Å²) in [5.74, 6) is 0.191. The molecule has 1 heterocycles. The standard InChI is InChI=1S/C12H13NO2/c1-9(14)13-7-11(8-13)12(15)10-5-3-2-4-6-10/h2-6,11H,7-8H2,1H3. The highest BCUT2D eigenvalue weighted by Crippen LogP contribution is 2.20. The first kappa shape index (κ1) is 9.90. The summed E-state index contributed by atoms with van der Waals surface area (Å²) in [5, 5.41) is 0. The summed E-state index contributed by atoms with van der Waals surface area (Å²) < 4.78 is 0. The minimum Gasteiger partial charge on any atom is -0.341 e. The molecule has 0 aromatic heterocycles. The van der Waals surface area contributed by atoms with E-state index in [4.69, 9.17) is 0 Å². The summed E-state index contributed by atoms with van der Waals surface area (Å²) >= 11 is 0. The van der Waals surface area contributed by atoms with Crippen molar-refractivity contribution in [2.75, 3.05) is 13.1 Å². The van der Waals surface area contributed by atoms with Gasteiger partial charge in [0.25, 0.3) is 0 Å². The van der Waals surface area contributed by atoms with Crippen LogP contribution in [0, 0.1) is 5.92 Å². The van der Waals surface area contributed by atoms with E-state index in [1.807, 2.05) is 30.3 Å². The molecule has 1 aromatic rings. The van der Waals surface area contributed by atoms with Gasteiger partial charge in [0.2, 0.25) is 5.91 Å². The van der Waals surface area contributed by atoms with Crippen LogP contribution in [0.25, 0.3) is 0 Å². The highest BCUT2D eigenvalue weighted by molar-refractivity contribution is 5.99. The number of hydrogen-bond acceptors (Lipinski definition) is 2. The molecule has 1 amide bonds. The first-order valence-electron chi connectivity index (χ1n) is 5.03. The number of hydrogen-bond donors (Lipinski definition) is 0. The Kier molecular flexibility index (Phi) is 2.54. The van der Waals surface area contributed by atoms with Gasteiger partial charge in [0.15, 0.2) is 5.78 Å². The molecule has 0 atom stereocenters. The van der Waals surface area contributed by atoms with Gasteiger partial charge >= 0.3 is 0 Å². The van der Waals surface area contributed by atoms with Gasteiger partial charge in [-0.05, 0) is 0 Å². The van der Waals surface area contributed by atoms with Gasteiger partial charge in [-0.15, -0.1) is 0 Å². The lowest BCUT2D eigenvalue weighted by atomic mass is 9.91. The van der Waals surface area contributed by atoms with Crippen LogP contribution >= 0.6 is 0 Å². The van der Waals surface area contributed by atoms with Crippen LogP contribution in [0.1, 0.15) is 17.3 Å². The normalized spacial score (nSPS) is 15.9. The number of nitrogens with zero attached hydrogens (tertiary/aromatic N) is 1. The average molecular weight is 203 g/mol. The van der Waals surface area contributed by atoms with Crippen molar-refractivity contribution in [2.24, 2.45) is 5.92 Å². The molecular formula is C12H13NO2. The minimum absolute atomic E-state index is 0.00343. The van der Waals surface area contributed by atoms with Crippen LogP contribution in [0.15, 0.2) is 30.3 Å². The molecule has 78 valence electrons. The van der Waals surface area contributed by atoms with Gasteiger partial charge in [-0.1, -0.05) is 30.3 Å². The van der Waals surface area contributed by atoms with Gasteiger partial charge in [0.1, 0.15) is 0 Å². The van der Waals surface area contributed by atoms with E-state index in [1.165, 1.54) is 6.92 Å². The first-order valence-corrected chi connectivity index (χ1v) is 5.03. The topological polar surface area (TPSA) is 37.4 Å². The molecule has 3 nitrogen and oxygen atoms in total. The molecule has 1 aliphatic rings. The van der Waals surface area contributed by atoms with Crippen molar-refractivity contribution in [3.8, 4) is 0 Å². The quantitative estimate of drug-likeness (QED) is 0.680. The van der Waals surface area contributed by atoms with Crippen molar-refractivity contribution in [3.05, 3.63) is 35.9 Å². The monoisotopic (exact) mass is 203 g/mol. The van der Waals surface area contributed by atoms with E-state index in [-0.39, 0.29) is 17.6 Å². The van der Waals surface area contributed by atoms with Crippen LogP contribution in [-0.4, -0.2) is 29.7 Å². The largest absolute Gasteiger partial charge is 0.341 e. The molecular weight excluding hydrogens is 190 g/mol. The predicted octanol–water partition coefficient (Wildman–Crippen LogP) is 1.35. The maximum absolute atomic E-state index is 11.9. The van der Waals surface area contributed by atoms with Gasteiger partial charge in [0.05, 0.1) is 5.92 Å². The first-order chi connectivity index (χ1) is 7.18. The summed E-state index contributed by atoms with van der Waals surface area (Å²) in [5.41, 5.74) is 0.741. The molecule has 0 aliphatic carbocycles. The second-order valence-corrected chi connectivity index (χ2v) is 3.85. The van der Waals surface area contributed by atoms with Crippen molar-refractivity contribution in [2.45, 2.75) is 6.92 Å². The molecule has 15 heavy (non-hydrogen) atoms. The van der Waals surface area contributed by atoms with Crippen LogP contribution in [0.4, 0.5) is 0 Å². The molecule has 0 spiro atoms. The third kappa shape index (κ3) is 1.91. The van der Waals surface area contributed by atoms with Crippen molar-refractivity contribution in [1.29, 1.82) is 0 Å². The number of ketones is 1. The number of carbonyl (C=O) groups is 2. The van der Waals surface area contributed by atoms with Gasteiger partial charge in [-0.2, -0.15) is 0 Å². The predicted molar refractivity (Wildman–Crippen MR) is 56.5 cm³/mol. The lowest BCUT2D eigenvalue weighted by Crippen LogP contribution is -2.52. The molecule has 0 bridgehead atoms. The van der Waals surface area contributed by atoms with E-state index in [9.17, 15) is 9.59 Å². The molecule has 0 saturated carbocycles. The Labute approximate surface area is 88.7 Å². The molecule has 1 saturated heterocycles. The van der Waals surface area contributed by atoms with Crippen LogP contribution in [0.5, 0.6) is 0 Å². The molecule has 3 heteroatoms. The Morgan fingerprint density at radius 1 is 1.20 bits per heavy atom. The highest BCUT2D eigenvalue weighted by atomic mass is 16.2. The van der Waals surface area contributed by atoms with Gasteiger partial charge in [-0.3, -0.25) is 9.59 Å². The Bertz CT molecular complexity index is 380. The Morgan fingerprint density at radius 3 is 2.33 bits per heavy atom. The molecule has 1 aliphatic heterocycles. The zero-order chi connectivity index (χ0) is 10.8. The number of likely N-dealkylation sites (tertiary alicyclic amines) is 1. The van der Waals surface area contributed by atoms with Crippen LogP contribution in [0.2, 0.25) is 0 Å². The molecule has 0 unspecified atom stereocenters. The van der Waals surface area contributed by atoms with E-state index in [0.717, 1.165) is 5.56 Å². The number of Topliss-reactive ketones (excluding diaryl/α,β-unsaturated/α-hetero) is 1. The number of amides is 1. The Hall–Kier alpha value is -1.64. The highest BCUT2D eigenvalue weighted by Gasteiger charge is 2.34. The van der Waals surface area contributed by atoms with Crippen LogP contribution in [0.3, 0.4) is 0 Å². The molecule has 1 aromatic carbocycles. The second-order valence-electron chi connectivity index (χ2n) is 3.85. The van der Waals surface area contributed by atoms with Crippen molar-refractivity contribution in [3.63, 3.8) is 0 Å². The number of rotatable bonds is 2. The SMILES string of the molecule is CC(=O)N1CC(C(=O)c2ccccc2)C1. The fourth-order valence-electron chi connectivity index (χ4n) is 1.74. The summed E-state index contributed by atoms with van der Waals surface area (Å²) in [7, 11) is 0. The molecule has 2 rings (SSSR count). The Morgan fingerprint density at radius 2 is 1.80 bits per heavy atom. The van der Waals surface area contributed by atoms with Crippen LogP contribution < -0.4 is 0 Å². The second kappa shape index (κ2) is 3.85. The minimum atomic E-state index is -0.00343. The van der Waals surface area contributed by atoms with Gasteiger partial charge < -0.3 is 4.90 Å². The van der Waals surface area contributed by atoms with E-state index in [0.29, 0.717) is 13.1 Å². The maximum atomic E-state index is 11.9. The lowest BCUT2D eigenvalue weighted by Gasteiger charge is -2.37. The van der Waals surface area contributed by atoms with E-state index in [1.54, 1.807) is 4.90 Å².